The Morgan fingerprint density at radius 2 is 1.96 bits per heavy atom. The van der Waals surface area contributed by atoms with Crippen molar-refractivity contribution in [1.29, 1.82) is 0 Å². The van der Waals surface area contributed by atoms with Crippen molar-refractivity contribution in [2.45, 2.75) is 32.7 Å². The van der Waals surface area contributed by atoms with Crippen LogP contribution in [0, 0.1) is 5.41 Å². The Balaban J connectivity index is 2.08. The number of hydrogen-bond acceptors (Lipinski definition) is 3. The van der Waals surface area contributed by atoms with E-state index in [0.717, 1.165) is 0 Å². The summed E-state index contributed by atoms with van der Waals surface area (Å²) in [7, 11) is 0. The molecule has 0 radical (unpaired) electrons. The number of rotatable bonds is 5. The monoisotopic (exact) mass is 386 g/mol. The summed E-state index contributed by atoms with van der Waals surface area (Å²) in [5.74, 6) is -1.64. The Hall–Kier alpha value is -1.79. The molecule has 136 valence electrons. The van der Waals surface area contributed by atoms with Crippen molar-refractivity contribution in [1.82, 2.24) is 10.2 Å². The number of amides is 2. The molecular formula is C17H20Cl2N2O4. The summed E-state index contributed by atoms with van der Waals surface area (Å²) in [5.41, 5.74) is -0.716. The summed E-state index contributed by atoms with van der Waals surface area (Å²) in [6.07, 6.45) is 1.24. The molecule has 0 aliphatic carbocycles. The highest BCUT2D eigenvalue weighted by Crippen LogP contribution is 2.26. The molecular weight excluding hydrogens is 367 g/mol. The number of benzene rings is 1. The molecule has 1 atom stereocenters. The van der Waals surface area contributed by atoms with Gasteiger partial charge in [-0.15, -0.1) is 0 Å². The van der Waals surface area contributed by atoms with Crippen molar-refractivity contribution < 1.29 is 19.5 Å². The SMILES string of the molecule is CC(C)(CNC(=O)C1CCCN1C(=O)c1ccc(Cl)c(Cl)c1)C(=O)O. The number of halogens is 2. The maximum Gasteiger partial charge on any atom is 0.310 e. The lowest BCUT2D eigenvalue weighted by atomic mass is 9.94. The van der Waals surface area contributed by atoms with E-state index in [4.69, 9.17) is 28.3 Å². The molecule has 2 rings (SSSR count). The maximum atomic E-state index is 12.7. The molecule has 2 N–H and O–H groups in total. The van der Waals surface area contributed by atoms with Crippen molar-refractivity contribution in [2.24, 2.45) is 5.41 Å². The lowest BCUT2D eigenvalue weighted by Crippen LogP contribution is -2.49. The summed E-state index contributed by atoms with van der Waals surface area (Å²) >= 11 is 11.8. The number of nitrogens with one attached hydrogen (secondary N) is 1. The van der Waals surface area contributed by atoms with E-state index >= 15 is 0 Å². The van der Waals surface area contributed by atoms with Crippen LogP contribution in [0.25, 0.3) is 0 Å². The molecule has 1 fully saturated rings. The largest absolute Gasteiger partial charge is 0.481 e. The molecule has 1 saturated heterocycles. The average Bonchev–Trinajstić information content (AvgIpc) is 3.04. The zero-order valence-electron chi connectivity index (χ0n) is 14.0. The van der Waals surface area contributed by atoms with Gasteiger partial charge in [0, 0.05) is 18.7 Å². The van der Waals surface area contributed by atoms with Crippen LogP contribution in [0.4, 0.5) is 0 Å². The Morgan fingerprint density at radius 1 is 1.28 bits per heavy atom. The van der Waals surface area contributed by atoms with Gasteiger partial charge in [0.1, 0.15) is 6.04 Å². The van der Waals surface area contributed by atoms with Crippen LogP contribution >= 0.6 is 23.2 Å². The summed E-state index contributed by atoms with van der Waals surface area (Å²) < 4.78 is 0. The topological polar surface area (TPSA) is 86.7 Å². The first-order valence-corrected chi connectivity index (χ1v) is 8.66. The van der Waals surface area contributed by atoms with Gasteiger partial charge in [-0.3, -0.25) is 14.4 Å². The first-order valence-electron chi connectivity index (χ1n) is 7.90. The summed E-state index contributed by atoms with van der Waals surface area (Å²) in [6, 6.07) is 3.97. The van der Waals surface area contributed by atoms with E-state index in [9.17, 15) is 14.4 Å². The molecule has 0 spiro atoms. The second kappa shape index (κ2) is 7.62. The van der Waals surface area contributed by atoms with Gasteiger partial charge in [-0.1, -0.05) is 23.2 Å². The number of nitrogens with zero attached hydrogens (tertiary/aromatic N) is 1. The Morgan fingerprint density at radius 3 is 2.56 bits per heavy atom. The van der Waals surface area contributed by atoms with Crippen LogP contribution in [-0.2, 0) is 9.59 Å². The van der Waals surface area contributed by atoms with Crippen LogP contribution in [-0.4, -0.2) is 46.9 Å². The van der Waals surface area contributed by atoms with Crippen molar-refractivity contribution in [3.8, 4) is 0 Å². The van der Waals surface area contributed by atoms with E-state index < -0.39 is 17.4 Å². The van der Waals surface area contributed by atoms with E-state index in [1.165, 1.54) is 30.9 Å². The highest BCUT2D eigenvalue weighted by molar-refractivity contribution is 6.42. The van der Waals surface area contributed by atoms with E-state index in [0.29, 0.717) is 30.0 Å². The van der Waals surface area contributed by atoms with E-state index in [2.05, 4.69) is 5.32 Å². The molecule has 1 aliphatic rings. The number of carbonyl (C=O) groups is 3. The number of likely N-dealkylation sites (tertiary alicyclic amines) is 1. The number of carboxylic acid groups (broad SMARTS) is 1. The first-order chi connectivity index (χ1) is 11.6. The molecule has 0 saturated carbocycles. The molecule has 0 bridgehead atoms. The fourth-order valence-electron chi connectivity index (χ4n) is 2.58. The number of carboxylic acids is 1. The van der Waals surface area contributed by atoms with Crippen molar-refractivity contribution in [3.05, 3.63) is 33.8 Å². The zero-order chi connectivity index (χ0) is 18.8. The number of carbonyl (C=O) groups excluding carboxylic acids is 2. The Labute approximate surface area is 156 Å². The molecule has 1 heterocycles. The smallest absolute Gasteiger partial charge is 0.310 e. The summed E-state index contributed by atoms with van der Waals surface area (Å²) in [4.78, 5) is 37.7. The van der Waals surface area contributed by atoms with Crippen LogP contribution < -0.4 is 5.32 Å². The molecule has 1 aromatic carbocycles. The lowest BCUT2D eigenvalue weighted by molar-refractivity contribution is -0.146. The molecule has 1 unspecified atom stereocenters. The molecule has 1 aliphatic heterocycles. The van der Waals surface area contributed by atoms with Gasteiger partial charge in [0.2, 0.25) is 5.91 Å². The van der Waals surface area contributed by atoms with E-state index in [-0.39, 0.29) is 23.4 Å². The van der Waals surface area contributed by atoms with Gasteiger partial charge < -0.3 is 15.3 Å². The number of hydrogen-bond donors (Lipinski definition) is 2. The van der Waals surface area contributed by atoms with E-state index in [1.807, 2.05) is 0 Å². The minimum absolute atomic E-state index is 0.00747. The molecule has 2 amide bonds. The molecule has 1 aromatic rings. The predicted octanol–water partition coefficient (Wildman–Crippen LogP) is 2.83. The molecule has 8 heteroatoms. The minimum Gasteiger partial charge on any atom is -0.481 e. The third-order valence-corrected chi connectivity index (χ3v) is 5.01. The van der Waals surface area contributed by atoms with Gasteiger partial charge in [0.15, 0.2) is 0 Å². The predicted molar refractivity (Wildman–Crippen MR) is 94.9 cm³/mol. The van der Waals surface area contributed by atoms with Gasteiger partial charge in [-0.05, 0) is 44.9 Å². The Bertz CT molecular complexity index is 706. The van der Waals surface area contributed by atoms with Crippen LogP contribution in [0.3, 0.4) is 0 Å². The van der Waals surface area contributed by atoms with Gasteiger partial charge >= 0.3 is 5.97 Å². The number of aliphatic carboxylic acids is 1. The molecule has 25 heavy (non-hydrogen) atoms. The van der Waals surface area contributed by atoms with Gasteiger partial charge in [-0.25, -0.2) is 0 Å². The van der Waals surface area contributed by atoms with Gasteiger partial charge in [0.05, 0.1) is 15.5 Å². The van der Waals surface area contributed by atoms with Crippen LogP contribution in [0.1, 0.15) is 37.0 Å². The quantitative estimate of drug-likeness (QED) is 0.814. The minimum atomic E-state index is -1.08. The van der Waals surface area contributed by atoms with Crippen molar-refractivity contribution in [3.63, 3.8) is 0 Å². The maximum absolute atomic E-state index is 12.7. The standard InChI is InChI=1S/C17H20Cl2N2O4/c1-17(2,16(24)25)9-20-14(22)13-4-3-7-21(13)15(23)10-5-6-11(18)12(19)8-10/h5-6,8,13H,3-4,7,9H2,1-2H3,(H,20,22)(H,24,25). The normalized spacial score (nSPS) is 17.4. The third-order valence-electron chi connectivity index (χ3n) is 4.27. The Kier molecular flexibility index (Phi) is 5.95. The highest BCUT2D eigenvalue weighted by Gasteiger charge is 2.36. The summed E-state index contributed by atoms with van der Waals surface area (Å²) in [5, 5.41) is 12.4. The van der Waals surface area contributed by atoms with Crippen molar-refractivity contribution in [2.75, 3.05) is 13.1 Å². The molecule has 6 nitrogen and oxygen atoms in total. The van der Waals surface area contributed by atoms with Crippen molar-refractivity contribution >= 4 is 41.0 Å². The second-order valence-electron chi connectivity index (χ2n) is 6.69. The van der Waals surface area contributed by atoms with Crippen LogP contribution in [0.2, 0.25) is 10.0 Å². The van der Waals surface area contributed by atoms with Gasteiger partial charge in [0.25, 0.3) is 5.91 Å². The van der Waals surface area contributed by atoms with Crippen LogP contribution in [0.15, 0.2) is 18.2 Å². The first kappa shape index (κ1) is 19.5. The van der Waals surface area contributed by atoms with E-state index in [1.54, 1.807) is 6.07 Å². The second-order valence-corrected chi connectivity index (χ2v) is 7.51. The average molecular weight is 387 g/mol. The highest BCUT2D eigenvalue weighted by atomic mass is 35.5. The zero-order valence-corrected chi connectivity index (χ0v) is 15.5. The lowest BCUT2D eigenvalue weighted by Gasteiger charge is -2.26. The third kappa shape index (κ3) is 4.44. The van der Waals surface area contributed by atoms with Crippen LogP contribution in [0.5, 0.6) is 0 Å². The van der Waals surface area contributed by atoms with Gasteiger partial charge in [-0.2, -0.15) is 0 Å². The fraction of sp³-hybridized carbons (Fsp3) is 0.471. The molecule has 0 aromatic heterocycles. The summed E-state index contributed by atoms with van der Waals surface area (Å²) in [6.45, 7) is 3.51. The fourth-order valence-corrected chi connectivity index (χ4v) is 2.88.